The van der Waals surface area contributed by atoms with Gasteiger partial charge in [-0.2, -0.15) is 0 Å². The van der Waals surface area contributed by atoms with Gasteiger partial charge in [-0.3, -0.25) is 0 Å². The Labute approximate surface area is 103 Å². The summed E-state index contributed by atoms with van der Waals surface area (Å²) in [7, 11) is -3.46. The van der Waals surface area contributed by atoms with Crippen LogP contribution in [0.15, 0.2) is 23.1 Å². The average molecular weight is 257 g/mol. The van der Waals surface area contributed by atoms with Crippen molar-refractivity contribution in [1.29, 1.82) is 0 Å². The van der Waals surface area contributed by atoms with Crippen LogP contribution in [0.3, 0.4) is 0 Å². The zero-order valence-electron chi connectivity index (χ0n) is 10.2. The monoisotopic (exact) mass is 257 g/mol. The third kappa shape index (κ3) is 3.52. The highest BCUT2D eigenvalue weighted by Gasteiger charge is 2.17. The van der Waals surface area contributed by atoms with E-state index in [-0.39, 0.29) is 11.5 Å². The molecule has 0 aliphatic carbocycles. The second kappa shape index (κ2) is 6.14. The van der Waals surface area contributed by atoms with Crippen molar-refractivity contribution in [3.63, 3.8) is 0 Å². The van der Waals surface area contributed by atoms with Crippen molar-refractivity contribution >= 4 is 10.0 Å². The second-order valence-electron chi connectivity index (χ2n) is 3.85. The third-order valence-electron chi connectivity index (χ3n) is 2.53. The SMILES string of the molecule is CCCNS(=O)(=O)c1cc(CO)ccc1CC. The Hall–Kier alpha value is -0.910. The predicted molar refractivity (Wildman–Crippen MR) is 67.2 cm³/mol. The molecule has 5 heteroatoms. The molecular weight excluding hydrogens is 238 g/mol. The maximum atomic E-state index is 12.0. The highest BCUT2D eigenvalue weighted by molar-refractivity contribution is 7.89. The van der Waals surface area contributed by atoms with E-state index in [2.05, 4.69) is 4.72 Å². The first kappa shape index (κ1) is 14.2. The Morgan fingerprint density at radius 1 is 1.29 bits per heavy atom. The Morgan fingerprint density at radius 3 is 2.53 bits per heavy atom. The average Bonchev–Trinajstić information content (AvgIpc) is 2.35. The smallest absolute Gasteiger partial charge is 0.240 e. The molecule has 0 aromatic heterocycles. The standard InChI is InChI=1S/C12H19NO3S/c1-3-7-13-17(15,16)12-8-10(9-14)5-6-11(12)4-2/h5-6,8,13-14H,3-4,7,9H2,1-2H3. The molecule has 0 amide bonds. The fourth-order valence-electron chi connectivity index (χ4n) is 1.55. The molecule has 17 heavy (non-hydrogen) atoms. The van der Waals surface area contributed by atoms with Gasteiger partial charge in [0, 0.05) is 6.54 Å². The van der Waals surface area contributed by atoms with Crippen molar-refractivity contribution in [2.75, 3.05) is 6.54 Å². The lowest BCUT2D eigenvalue weighted by Crippen LogP contribution is -2.25. The number of aliphatic hydroxyl groups excluding tert-OH is 1. The molecule has 1 aromatic carbocycles. The molecule has 0 radical (unpaired) electrons. The molecule has 0 heterocycles. The van der Waals surface area contributed by atoms with Gasteiger partial charge in [-0.1, -0.05) is 26.0 Å². The number of hydrogen-bond acceptors (Lipinski definition) is 3. The number of hydrogen-bond donors (Lipinski definition) is 2. The zero-order chi connectivity index (χ0) is 12.9. The molecule has 4 nitrogen and oxygen atoms in total. The van der Waals surface area contributed by atoms with E-state index in [1.165, 1.54) is 6.07 Å². The van der Waals surface area contributed by atoms with Crippen LogP contribution >= 0.6 is 0 Å². The summed E-state index contributed by atoms with van der Waals surface area (Å²) in [6, 6.07) is 5.04. The minimum absolute atomic E-state index is 0.152. The van der Waals surface area contributed by atoms with E-state index in [0.29, 0.717) is 18.5 Å². The molecule has 1 rings (SSSR count). The molecule has 2 N–H and O–H groups in total. The van der Waals surface area contributed by atoms with E-state index < -0.39 is 10.0 Å². The fourth-order valence-corrected chi connectivity index (χ4v) is 3.05. The van der Waals surface area contributed by atoms with Crippen LogP contribution in [0.2, 0.25) is 0 Å². The first-order chi connectivity index (χ1) is 8.05. The quantitative estimate of drug-likeness (QED) is 0.810. The summed E-state index contributed by atoms with van der Waals surface area (Å²) in [6.07, 6.45) is 1.40. The summed E-state index contributed by atoms with van der Waals surface area (Å²) >= 11 is 0. The molecule has 0 saturated heterocycles. The molecule has 96 valence electrons. The molecule has 0 bridgehead atoms. The lowest BCUT2D eigenvalue weighted by Gasteiger charge is -2.11. The summed E-state index contributed by atoms with van der Waals surface area (Å²) in [5.41, 5.74) is 1.38. The minimum Gasteiger partial charge on any atom is -0.392 e. The molecule has 0 aliphatic rings. The van der Waals surface area contributed by atoms with Crippen molar-refractivity contribution in [2.24, 2.45) is 0 Å². The topological polar surface area (TPSA) is 66.4 Å². The minimum atomic E-state index is -3.46. The van der Waals surface area contributed by atoms with E-state index in [4.69, 9.17) is 5.11 Å². The van der Waals surface area contributed by atoms with Crippen LogP contribution in [0.5, 0.6) is 0 Å². The normalized spacial score (nSPS) is 11.7. The summed E-state index contributed by atoms with van der Waals surface area (Å²) in [4.78, 5) is 0.278. The lowest BCUT2D eigenvalue weighted by atomic mass is 10.1. The highest BCUT2D eigenvalue weighted by atomic mass is 32.2. The van der Waals surface area contributed by atoms with Crippen molar-refractivity contribution in [2.45, 2.75) is 38.2 Å². The van der Waals surface area contributed by atoms with Crippen LogP contribution in [0.25, 0.3) is 0 Å². The van der Waals surface area contributed by atoms with E-state index in [1.807, 2.05) is 13.8 Å². The number of aliphatic hydroxyl groups is 1. The van der Waals surface area contributed by atoms with Crippen molar-refractivity contribution in [3.05, 3.63) is 29.3 Å². The van der Waals surface area contributed by atoms with Gasteiger partial charge in [0.25, 0.3) is 0 Å². The first-order valence-electron chi connectivity index (χ1n) is 5.77. The highest BCUT2D eigenvalue weighted by Crippen LogP contribution is 2.18. The number of nitrogens with one attached hydrogen (secondary N) is 1. The van der Waals surface area contributed by atoms with Gasteiger partial charge >= 0.3 is 0 Å². The second-order valence-corrected chi connectivity index (χ2v) is 5.59. The first-order valence-corrected chi connectivity index (χ1v) is 7.25. The summed E-state index contributed by atoms with van der Waals surface area (Å²) in [5.74, 6) is 0. The molecule has 0 atom stereocenters. The zero-order valence-corrected chi connectivity index (χ0v) is 11.0. The van der Waals surface area contributed by atoms with Gasteiger partial charge in [0.1, 0.15) is 0 Å². The van der Waals surface area contributed by atoms with E-state index in [1.54, 1.807) is 12.1 Å². The Morgan fingerprint density at radius 2 is 2.00 bits per heavy atom. The molecule has 0 saturated carbocycles. The third-order valence-corrected chi connectivity index (χ3v) is 4.07. The van der Waals surface area contributed by atoms with E-state index in [9.17, 15) is 8.42 Å². The van der Waals surface area contributed by atoms with Crippen molar-refractivity contribution in [1.82, 2.24) is 4.72 Å². The molecule has 0 unspecified atom stereocenters. The van der Waals surface area contributed by atoms with Crippen LogP contribution in [-0.2, 0) is 23.1 Å². The maximum Gasteiger partial charge on any atom is 0.240 e. The van der Waals surface area contributed by atoms with Crippen LogP contribution in [0, 0.1) is 0 Å². The lowest BCUT2D eigenvalue weighted by molar-refractivity contribution is 0.281. The van der Waals surface area contributed by atoms with Crippen molar-refractivity contribution < 1.29 is 13.5 Å². The van der Waals surface area contributed by atoms with E-state index >= 15 is 0 Å². The maximum absolute atomic E-state index is 12.0. The predicted octanol–water partition coefficient (Wildman–Crippen LogP) is 1.43. The van der Waals surface area contributed by atoms with Crippen LogP contribution in [-0.4, -0.2) is 20.1 Å². The van der Waals surface area contributed by atoms with Crippen LogP contribution < -0.4 is 4.72 Å². The Bertz CT molecular complexity index is 469. The van der Waals surface area contributed by atoms with Gasteiger partial charge in [0.2, 0.25) is 10.0 Å². The number of rotatable bonds is 6. The Balaban J connectivity index is 3.17. The number of sulfonamides is 1. The van der Waals surface area contributed by atoms with Gasteiger partial charge in [0.05, 0.1) is 11.5 Å². The fraction of sp³-hybridized carbons (Fsp3) is 0.500. The summed E-state index contributed by atoms with van der Waals surface area (Å²) in [5, 5.41) is 9.05. The molecule has 0 aliphatic heterocycles. The molecule has 0 spiro atoms. The van der Waals surface area contributed by atoms with Gasteiger partial charge in [0.15, 0.2) is 0 Å². The molecular formula is C12H19NO3S. The van der Waals surface area contributed by atoms with Gasteiger partial charge in [-0.05, 0) is 30.0 Å². The van der Waals surface area contributed by atoms with Gasteiger partial charge in [-0.25, -0.2) is 13.1 Å². The summed E-state index contributed by atoms with van der Waals surface area (Å²) < 4.78 is 26.6. The molecule has 0 fully saturated rings. The van der Waals surface area contributed by atoms with Crippen LogP contribution in [0.4, 0.5) is 0 Å². The van der Waals surface area contributed by atoms with Crippen LogP contribution in [0.1, 0.15) is 31.4 Å². The van der Waals surface area contributed by atoms with Gasteiger partial charge < -0.3 is 5.11 Å². The number of benzene rings is 1. The number of aryl methyl sites for hydroxylation is 1. The molecule has 1 aromatic rings. The van der Waals surface area contributed by atoms with E-state index in [0.717, 1.165) is 12.0 Å². The Kier molecular flexibility index (Phi) is 5.11. The summed E-state index contributed by atoms with van der Waals surface area (Å²) in [6.45, 7) is 4.09. The van der Waals surface area contributed by atoms with Crippen molar-refractivity contribution in [3.8, 4) is 0 Å². The largest absolute Gasteiger partial charge is 0.392 e. The van der Waals surface area contributed by atoms with Gasteiger partial charge in [-0.15, -0.1) is 0 Å².